The number of rotatable bonds is 2. The smallest absolute Gasteiger partial charge is 0.0651 e. The lowest BCUT2D eigenvalue weighted by Gasteiger charge is -2.33. The maximum atomic E-state index is 5.52. The molecule has 2 aliphatic rings. The van der Waals surface area contributed by atoms with Crippen molar-refractivity contribution in [2.45, 2.75) is 38.1 Å². The summed E-state index contributed by atoms with van der Waals surface area (Å²) in [6.07, 6.45) is 5.30. The Kier molecular flexibility index (Phi) is 2.37. The van der Waals surface area contributed by atoms with E-state index in [2.05, 4.69) is 11.8 Å². The van der Waals surface area contributed by atoms with E-state index < -0.39 is 0 Å². The van der Waals surface area contributed by atoms with Gasteiger partial charge in [-0.1, -0.05) is 6.92 Å². The third-order valence-corrected chi connectivity index (χ3v) is 3.32. The monoisotopic (exact) mass is 169 g/mol. The Morgan fingerprint density at radius 2 is 2.33 bits per heavy atom. The topological polar surface area (TPSA) is 12.5 Å². The second kappa shape index (κ2) is 3.35. The Hall–Kier alpha value is -0.0800. The molecule has 0 aliphatic carbocycles. The summed E-state index contributed by atoms with van der Waals surface area (Å²) in [5, 5.41) is 0. The summed E-state index contributed by atoms with van der Waals surface area (Å²) in [6.45, 7) is 6.82. The predicted molar refractivity (Wildman–Crippen MR) is 49.3 cm³/mol. The Morgan fingerprint density at radius 3 is 3.00 bits per heavy atom. The maximum Gasteiger partial charge on any atom is 0.0651 e. The molecule has 0 bridgehead atoms. The molecule has 2 rings (SSSR count). The van der Waals surface area contributed by atoms with Crippen molar-refractivity contribution in [2.24, 2.45) is 0 Å². The lowest BCUT2D eigenvalue weighted by molar-refractivity contribution is 0.102. The molecule has 0 aromatic carbocycles. The molecule has 12 heavy (non-hydrogen) atoms. The summed E-state index contributed by atoms with van der Waals surface area (Å²) < 4.78 is 5.52. The standard InChI is InChI=1S/C10H19NO/c1-2-6-11-7-3-4-10(11)5-8-12-9-10/h2-9H2,1H3. The van der Waals surface area contributed by atoms with Crippen molar-refractivity contribution >= 4 is 0 Å². The minimum absolute atomic E-state index is 0.468. The number of hydrogen-bond acceptors (Lipinski definition) is 2. The summed E-state index contributed by atoms with van der Waals surface area (Å²) in [5.41, 5.74) is 0.468. The quantitative estimate of drug-likeness (QED) is 0.623. The maximum absolute atomic E-state index is 5.52. The van der Waals surface area contributed by atoms with Gasteiger partial charge in [0.05, 0.1) is 6.61 Å². The molecular formula is C10H19NO. The lowest BCUT2D eigenvalue weighted by Crippen LogP contribution is -2.44. The van der Waals surface area contributed by atoms with Crippen LogP contribution in [-0.2, 0) is 4.74 Å². The zero-order valence-corrected chi connectivity index (χ0v) is 8.01. The van der Waals surface area contributed by atoms with Crippen LogP contribution in [0, 0.1) is 0 Å². The van der Waals surface area contributed by atoms with Gasteiger partial charge in [0.25, 0.3) is 0 Å². The van der Waals surface area contributed by atoms with E-state index in [1.807, 2.05) is 0 Å². The third-order valence-electron chi connectivity index (χ3n) is 3.32. The fourth-order valence-electron chi connectivity index (χ4n) is 2.66. The van der Waals surface area contributed by atoms with Crippen LogP contribution in [0.3, 0.4) is 0 Å². The van der Waals surface area contributed by atoms with E-state index in [0.717, 1.165) is 13.2 Å². The second-order valence-electron chi connectivity index (χ2n) is 4.12. The van der Waals surface area contributed by atoms with Crippen LogP contribution in [0.25, 0.3) is 0 Å². The molecule has 2 fully saturated rings. The number of likely N-dealkylation sites (tertiary alicyclic amines) is 1. The van der Waals surface area contributed by atoms with Crippen LogP contribution in [0.2, 0.25) is 0 Å². The summed E-state index contributed by atoms with van der Waals surface area (Å²) in [5.74, 6) is 0. The van der Waals surface area contributed by atoms with E-state index in [1.54, 1.807) is 0 Å². The van der Waals surface area contributed by atoms with Crippen molar-refractivity contribution in [3.63, 3.8) is 0 Å². The zero-order valence-electron chi connectivity index (χ0n) is 8.01. The molecule has 2 aliphatic heterocycles. The van der Waals surface area contributed by atoms with Crippen LogP contribution >= 0.6 is 0 Å². The molecule has 0 amide bonds. The van der Waals surface area contributed by atoms with Gasteiger partial charge in [-0.05, 0) is 38.8 Å². The van der Waals surface area contributed by atoms with E-state index in [4.69, 9.17) is 4.74 Å². The fourth-order valence-corrected chi connectivity index (χ4v) is 2.66. The van der Waals surface area contributed by atoms with Gasteiger partial charge in [0, 0.05) is 12.1 Å². The summed E-state index contributed by atoms with van der Waals surface area (Å²) in [6, 6.07) is 0. The highest BCUT2D eigenvalue weighted by molar-refractivity contribution is 4.98. The van der Waals surface area contributed by atoms with Gasteiger partial charge < -0.3 is 4.74 Å². The van der Waals surface area contributed by atoms with Crippen LogP contribution < -0.4 is 0 Å². The van der Waals surface area contributed by atoms with Crippen LogP contribution in [0.15, 0.2) is 0 Å². The molecule has 2 nitrogen and oxygen atoms in total. The second-order valence-corrected chi connectivity index (χ2v) is 4.12. The molecule has 0 radical (unpaired) electrons. The first kappa shape index (κ1) is 8.52. The molecule has 0 aromatic rings. The van der Waals surface area contributed by atoms with Gasteiger partial charge in [-0.25, -0.2) is 0 Å². The molecule has 1 unspecified atom stereocenters. The molecule has 0 N–H and O–H groups in total. The van der Waals surface area contributed by atoms with Crippen molar-refractivity contribution in [1.29, 1.82) is 0 Å². The average molecular weight is 169 g/mol. The van der Waals surface area contributed by atoms with Crippen LogP contribution in [0.5, 0.6) is 0 Å². The molecule has 1 spiro atoms. The molecule has 2 heteroatoms. The Balaban J connectivity index is 2.01. The van der Waals surface area contributed by atoms with Crippen molar-refractivity contribution in [3.05, 3.63) is 0 Å². The summed E-state index contributed by atoms with van der Waals surface area (Å²) >= 11 is 0. The van der Waals surface area contributed by atoms with Gasteiger partial charge >= 0.3 is 0 Å². The van der Waals surface area contributed by atoms with E-state index in [9.17, 15) is 0 Å². The minimum Gasteiger partial charge on any atom is -0.379 e. The SMILES string of the molecule is CCCN1CCCC12CCOC2. The highest BCUT2D eigenvalue weighted by atomic mass is 16.5. The van der Waals surface area contributed by atoms with E-state index in [-0.39, 0.29) is 0 Å². The third kappa shape index (κ3) is 1.27. The summed E-state index contributed by atoms with van der Waals surface area (Å²) in [7, 11) is 0. The molecule has 1 atom stereocenters. The largest absolute Gasteiger partial charge is 0.379 e. The molecule has 0 saturated carbocycles. The van der Waals surface area contributed by atoms with Crippen molar-refractivity contribution in [2.75, 3.05) is 26.3 Å². The normalized spacial score (nSPS) is 36.8. The molecule has 0 aromatic heterocycles. The molecule has 2 saturated heterocycles. The minimum atomic E-state index is 0.468. The van der Waals surface area contributed by atoms with Crippen LogP contribution in [-0.4, -0.2) is 36.7 Å². The van der Waals surface area contributed by atoms with E-state index >= 15 is 0 Å². The van der Waals surface area contributed by atoms with Gasteiger partial charge in [-0.3, -0.25) is 4.90 Å². The summed E-state index contributed by atoms with van der Waals surface area (Å²) in [4.78, 5) is 2.65. The Bertz CT molecular complexity index is 146. The number of hydrogen-bond donors (Lipinski definition) is 0. The molecule has 70 valence electrons. The van der Waals surface area contributed by atoms with Crippen LogP contribution in [0.1, 0.15) is 32.6 Å². The highest BCUT2D eigenvalue weighted by Gasteiger charge is 2.43. The molecular weight excluding hydrogens is 150 g/mol. The van der Waals surface area contributed by atoms with Crippen molar-refractivity contribution < 1.29 is 4.74 Å². The Labute approximate surface area is 74.9 Å². The lowest BCUT2D eigenvalue weighted by atomic mass is 9.95. The van der Waals surface area contributed by atoms with Crippen molar-refractivity contribution in [1.82, 2.24) is 4.90 Å². The van der Waals surface area contributed by atoms with E-state index in [1.165, 1.54) is 38.8 Å². The fraction of sp³-hybridized carbons (Fsp3) is 1.00. The van der Waals surface area contributed by atoms with Crippen LogP contribution in [0.4, 0.5) is 0 Å². The first-order valence-corrected chi connectivity index (χ1v) is 5.20. The highest BCUT2D eigenvalue weighted by Crippen LogP contribution is 2.36. The first-order valence-electron chi connectivity index (χ1n) is 5.20. The van der Waals surface area contributed by atoms with Gasteiger partial charge in [0.2, 0.25) is 0 Å². The van der Waals surface area contributed by atoms with Gasteiger partial charge in [0.1, 0.15) is 0 Å². The van der Waals surface area contributed by atoms with Gasteiger partial charge in [-0.15, -0.1) is 0 Å². The van der Waals surface area contributed by atoms with Gasteiger partial charge in [-0.2, -0.15) is 0 Å². The van der Waals surface area contributed by atoms with Crippen molar-refractivity contribution in [3.8, 4) is 0 Å². The number of ether oxygens (including phenoxy) is 1. The Morgan fingerprint density at radius 1 is 1.42 bits per heavy atom. The first-order chi connectivity index (χ1) is 5.87. The zero-order chi connectivity index (χ0) is 8.44. The number of nitrogens with zero attached hydrogens (tertiary/aromatic N) is 1. The average Bonchev–Trinajstić information content (AvgIpc) is 2.66. The van der Waals surface area contributed by atoms with E-state index in [0.29, 0.717) is 5.54 Å². The molecule has 2 heterocycles. The predicted octanol–water partition coefficient (Wildman–Crippen LogP) is 1.65. The van der Waals surface area contributed by atoms with Gasteiger partial charge in [0.15, 0.2) is 0 Å².